The van der Waals surface area contributed by atoms with Crippen LogP contribution in [0.15, 0.2) is 79.1 Å². The molecule has 4 aromatic rings. The van der Waals surface area contributed by atoms with Gasteiger partial charge < -0.3 is 0 Å². The molecule has 3 heteroatoms. The topological polar surface area (TPSA) is 38.7 Å². The Morgan fingerprint density at radius 3 is 1.10 bits per heavy atom. The summed E-state index contributed by atoms with van der Waals surface area (Å²) < 4.78 is 0. The summed E-state index contributed by atoms with van der Waals surface area (Å²) in [6.07, 6.45) is 3.50. The Morgan fingerprint density at radius 1 is 0.450 bits per heavy atom. The molecule has 20 heavy (non-hydrogen) atoms. The van der Waals surface area contributed by atoms with E-state index in [-0.39, 0.29) is 0 Å². The van der Waals surface area contributed by atoms with Crippen LogP contribution in [0.25, 0.3) is 22.1 Å². The molecule has 0 spiro atoms. The van der Waals surface area contributed by atoms with Crippen molar-refractivity contribution >= 4 is 22.1 Å². The van der Waals surface area contributed by atoms with Crippen molar-refractivity contribution in [1.82, 2.24) is 15.0 Å². The molecule has 0 N–H and O–H groups in total. The van der Waals surface area contributed by atoms with Crippen LogP contribution in [0.1, 0.15) is 0 Å². The number of nitrogens with zero attached hydrogens (tertiary/aromatic N) is 3. The lowest BCUT2D eigenvalue weighted by atomic mass is 10.2. The molecule has 2 aromatic heterocycles. The third-order valence-electron chi connectivity index (χ3n) is 2.81. The standard InChI is InChI=1S/C12H8N2.C5H5N/c1-2-6-10-9(5-1)13-11-7-3-4-8-12(11)14-10;1-2-4-6-5-3-1/h1-8H;1-5H. The van der Waals surface area contributed by atoms with Gasteiger partial charge in [0.2, 0.25) is 0 Å². The molecule has 3 nitrogen and oxygen atoms in total. The molecule has 0 aliphatic carbocycles. The minimum Gasteiger partial charge on any atom is -0.265 e. The first kappa shape index (κ1) is 12.2. The van der Waals surface area contributed by atoms with Crippen LogP contribution < -0.4 is 0 Å². The minimum atomic E-state index is 0.950. The van der Waals surface area contributed by atoms with Gasteiger partial charge in [0.05, 0.1) is 22.1 Å². The maximum absolute atomic E-state index is 4.52. The smallest absolute Gasteiger partial charge is 0.0894 e. The molecule has 0 fully saturated rings. The zero-order valence-corrected chi connectivity index (χ0v) is 10.8. The van der Waals surface area contributed by atoms with Crippen molar-refractivity contribution in [1.29, 1.82) is 0 Å². The molecule has 2 heterocycles. The molecule has 0 saturated heterocycles. The number of pyridine rings is 1. The molecule has 0 bridgehead atoms. The molecule has 0 atom stereocenters. The van der Waals surface area contributed by atoms with Crippen molar-refractivity contribution in [3.8, 4) is 0 Å². The van der Waals surface area contributed by atoms with Gasteiger partial charge in [0.1, 0.15) is 0 Å². The Balaban J connectivity index is 0.000000170. The van der Waals surface area contributed by atoms with Crippen molar-refractivity contribution in [3.05, 3.63) is 79.1 Å². The number of hydrogen-bond acceptors (Lipinski definition) is 3. The first-order chi connectivity index (χ1) is 9.93. The third kappa shape index (κ3) is 2.78. The van der Waals surface area contributed by atoms with Crippen LogP contribution >= 0.6 is 0 Å². The lowest BCUT2D eigenvalue weighted by Gasteiger charge is -1.98. The number of para-hydroxylation sites is 4. The fourth-order valence-electron chi connectivity index (χ4n) is 1.88. The molecule has 0 saturated carbocycles. The first-order valence-corrected chi connectivity index (χ1v) is 6.40. The Kier molecular flexibility index (Phi) is 3.60. The Bertz CT molecular complexity index is 682. The fourth-order valence-corrected chi connectivity index (χ4v) is 1.88. The monoisotopic (exact) mass is 259 g/mol. The first-order valence-electron chi connectivity index (χ1n) is 6.40. The predicted molar refractivity (Wildman–Crippen MR) is 81.3 cm³/mol. The van der Waals surface area contributed by atoms with Gasteiger partial charge in [-0.1, -0.05) is 30.3 Å². The highest BCUT2D eigenvalue weighted by Gasteiger charge is 1.98. The fraction of sp³-hybridized carbons (Fsp3) is 0. The number of aromatic nitrogens is 3. The zero-order chi connectivity index (χ0) is 13.6. The second-order valence-corrected chi connectivity index (χ2v) is 4.23. The van der Waals surface area contributed by atoms with Gasteiger partial charge in [-0.3, -0.25) is 4.98 Å². The van der Waals surface area contributed by atoms with Crippen molar-refractivity contribution in [2.24, 2.45) is 0 Å². The summed E-state index contributed by atoms with van der Waals surface area (Å²) >= 11 is 0. The van der Waals surface area contributed by atoms with Crippen LogP contribution in [0.3, 0.4) is 0 Å². The molecule has 0 unspecified atom stereocenters. The highest BCUT2D eigenvalue weighted by molar-refractivity contribution is 5.85. The second kappa shape index (κ2) is 5.89. The predicted octanol–water partition coefficient (Wildman–Crippen LogP) is 3.86. The average molecular weight is 259 g/mol. The van der Waals surface area contributed by atoms with Gasteiger partial charge in [-0.2, -0.15) is 0 Å². The summed E-state index contributed by atoms with van der Waals surface area (Å²) in [5.74, 6) is 0. The summed E-state index contributed by atoms with van der Waals surface area (Å²) in [5.41, 5.74) is 3.80. The summed E-state index contributed by atoms with van der Waals surface area (Å²) in [7, 11) is 0. The van der Waals surface area contributed by atoms with Gasteiger partial charge in [-0.15, -0.1) is 0 Å². The van der Waals surface area contributed by atoms with Crippen molar-refractivity contribution in [2.75, 3.05) is 0 Å². The van der Waals surface area contributed by atoms with Crippen LogP contribution in [-0.2, 0) is 0 Å². The van der Waals surface area contributed by atoms with E-state index in [2.05, 4.69) is 15.0 Å². The quantitative estimate of drug-likeness (QED) is 0.450. The Labute approximate surface area is 117 Å². The van der Waals surface area contributed by atoms with Crippen LogP contribution in [0.2, 0.25) is 0 Å². The van der Waals surface area contributed by atoms with Gasteiger partial charge in [-0.05, 0) is 36.4 Å². The van der Waals surface area contributed by atoms with E-state index in [9.17, 15) is 0 Å². The molecule has 0 amide bonds. The summed E-state index contributed by atoms with van der Waals surface area (Å²) in [5, 5.41) is 0. The van der Waals surface area contributed by atoms with Crippen molar-refractivity contribution in [3.63, 3.8) is 0 Å². The van der Waals surface area contributed by atoms with E-state index >= 15 is 0 Å². The van der Waals surface area contributed by atoms with Gasteiger partial charge >= 0.3 is 0 Å². The largest absolute Gasteiger partial charge is 0.265 e. The molecule has 2 aromatic carbocycles. The highest BCUT2D eigenvalue weighted by Crippen LogP contribution is 2.14. The normalized spacial score (nSPS) is 10.0. The highest BCUT2D eigenvalue weighted by atomic mass is 14.8. The molecule has 0 aliphatic heterocycles. The van der Waals surface area contributed by atoms with E-state index in [0.29, 0.717) is 0 Å². The number of benzene rings is 2. The van der Waals surface area contributed by atoms with Crippen LogP contribution in [-0.4, -0.2) is 15.0 Å². The summed E-state index contributed by atoms with van der Waals surface area (Å²) in [6.45, 7) is 0. The molecular formula is C17H13N3. The van der Waals surface area contributed by atoms with E-state index < -0.39 is 0 Å². The zero-order valence-electron chi connectivity index (χ0n) is 10.8. The maximum Gasteiger partial charge on any atom is 0.0894 e. The third-order valence-corrected chi connectivity index (χ3v) is 2.81. The second-order valence-electron chi connectivity index (χ2n) is 4.23. The van der Waals surface area contributed by atoms with Gasteiger partial charge in [0.15, 0.2) is 0 Å². The molecular weight excluding hydrogens is 246 g/mol. The Morgan fingerprint density at radius 2 is 0.850 bits per heavy atom. The van der Waals surface area contributed by atoms with E-state index in [1.807, 2.05) is 66.7 Å². The molecule has 96 valence electrons. The van der Waals surface area contributed by atoms with E-state index in [1.54, 1.807) is 12.4 Å². The lowest BCUT2D eigenvalue weighted by Crippen LogP contribution is -1.85. The Hall–Kier alpha value is -2.81. The van der Waals surface area contributed by atoms with Crippen LogP contribution in [0.4, 0.5) is 0 Å². The minimum absolute atomic E-state index is 0.950. The van der Waals surface area contributed by atoms with E-state index in [4.69, 9.17) is 0 Å². The van der Waals surface area contributed by atoms with Gasteiger partial charge in [-0.25, -0.2) is 9.97 Å². The molecule has 0 radical (unpaired) electrons. The van der Waals surface area contributed by atoms with Gasteiger partial charge in [0.25, 0.3) is 0 Å². The summed E-state index contributed by atoms with van der Waals surface area (Å²) in [4.78, 5) is 12.8. The van der Waals surface area contributed by atoms with Crippen LogP contribution in [0, 0.1) is 0 Å². The number of rotatable bonds is 0. The van der Waals surface area contributed by atoms with Crippen molar-refractivity contribution < 1.29 is 0 Å². The number of hydrogen-bond donors (Lipinski definition) is 0. The SMILES string of the molecule is c1ccc2nc3ccccc3nc2c1.c1ccncc1. The van der Waals surface area contributed by atoms with Crippen molar-refractivity contribution in [2.45, 2.75) is 0 Å². The molecule has 0 aliphatic rings. The van der Waals surface area contributed by atoms with Gasteiger partial charge in [0, 0.05) is 12.4 Å². The molecule has 4 rings (SSSR count). The van der Waals surface area contributed by atoms with E-state index in [0.717, 1.165) is 22.1 Å². The number of fused-ring (bicyclic) bond motifs is 2. The summed E-state index contributed by atoms with van der Waals surface area (Å²) in [6, 6.07) is 21.6. The lowest BCUT2D eigenvalue weighted by molar-refractivity contribution is 1.33. The average Bonchev–Trinajstić information content (AvgIpc) is 2.55. The van der Waals surface area contributed by atoms with Crippen LogP contribution in [0.5, 0.6) is 0 Å². The van der Waals surface area contributed by atoms with E-state index in [1.165, 1.54) is 0 Å². The maximum atomic E-state index is 4.52.